The number of nitro benzene ring substituents is 1. The van der Waals surface area contributed by atoms with Gasteiger partial charge in [-0.05, 0) is 35.9 Å². The van der Waals surface area contributed by atoms with Crippen molar-refractivity contribution in [3.05, 3.63) is 106 Å². The maximum absolute atomic E-state index is 11.4. The van der Waals surface area contributed by atoms with E-state index >= 15 is 0 Å². The summed E-state index contributed by atoms with van der Waals surface area (Å²) in [5, 5.41) is 18.2. The summed E-state index contributed by atoms with van der Waals surface area (Å²) in [6, 6.07) is 19.9. The molecule has 0 radical (unpaired) electrons. The van der Waals surface area contributed by atoms with Crippen LogP contribution >= 0.6 is 0 Å². The molecule has 0 amide bonds. The van der Waals surface area contributed by atoms with Crippen molar-refractivity contribution in [2.75, 3.05) is 13.7 Å². The first-order chi connectivity index (χ1) is 16.6. The van der Waals surface area contributed by atoms with Crippen molar-refractivity contribution in [1.82, 2.24) is 5.01 Å². The third kappa shape index (κ3) is 3.83. The topological polar surface area (TPSA) is 86.4 Å². The number of rotatable bonds is 7. The van der Waals surface area contributed by atoms with Gasteiger partial charge in [-0.25, -0.2) is 5.01 Å². The highest BCUT2D eigenvalue weighted by atomic mass is 16.6. The van der Waals surface area contributed by atoms with Crippen LogP contribution in [0.2, 0.25) is 0 Å². The molecule has 2 aliphatic rings. The first-order valence-corrected chi connectivity index (χ1v) is 10.9. The summed E-state index contributed by atoms with van der Waals surface area (Å²) < 4.78 is 17.5. The third-order valence-corrected chi connectivity index (χ3v) is 5.92. The number of hydrazone groups is 1. The highest BCUT2D eigenvalue weighted by molar-refractivity contribution is 6.02. The Kier molecular flexibility index (Phi) is 5.63. The van der Waals surface area contributed by atoms with E-state index in [1.54, 1.807) is 19.3 Å². The van der Waals surface area contributed by atoms with Gasteiger partial charge >= 0.3 is 0 Å². The van der Waals surface area contributed by atoms with Crippen LogP contribution in [0.5, 0.6) is 17.2 Å². The van der Waals surface area contributed by atoms with Crippen LogP contribution in [-0.4, -0.2) is 29.4 Å². The summed E-state index contributed by atoms with van der Waals surface area (Å²) in [4.78, 5) is 11.0. The van der Waals surface area contributed by atoms with Crippen LogP contribution in [-0.2, 0) is 0 Å². The number of non-ortho nitro benzene ring substituents is 1. The zero-order chi connectivity index (χ0) is 23.7. The second-order valence-electron chi connectivity index (χ2n) is 7.97. The van der Waals surface area contributed by atoms with E-state index < -0.39 is 11.2 Å². The maximum atomic E-state index is 11.4. The Bertz CT molecular complexity index is 1270. The van der Waals surface area contributed by atoms with E-state index in [9.17, 15) is 10.1 Å². The van der Waals surface area contributed by atoms with Gasteiger partial charge in [0, 0.05) is 29.7 Å². The Balaban J connectivity index is 1.55. The number of ether oxygens (including phenoxy) is 3. The number of benzene rings is 3. The van der Waals surface area contributed by atoms with Crippen molar-refractivity contribution < 1.29 is 19.1 Å². The summed E-state index contributed by atoms with van der Waals surface area (Å²) in [6.45, 7) is 4.11. The molecule has 0 bridgehead atoms. The number of methoxy groups -OCH3 is 1. The standard InChI is InChI=1S/C26H23N3O5/c1-3-14-33-20-12-10-17(11-13-20)22-16-23-21-8-5-9-24(32-2)25(21)34-26(28(23)27-22)18-6-4-7-19(15-18)29(30)31/h3-13,15,23,26H,1,14,16H2,2H3/t23-,26-/m1/s1. The van der Waals surface area contributed by atoms with Gasteiger partial charge in [-0.3, -0.25) is 10.1 Å². The predicted molar refractivity (Wildman–Crippen MR) is 127 cm³/mol. The normalized spacial score (nSPS) is 18.3. The summed E-state index contributed by atoms with van der Waals surface area (Å²) in [7, 11) is 1.60. The lowest BCUT2D eigenvalue weighted by Gasteiger charge is -2.38. The van der Waals surface area contributed by atoms with Gasteiger partial charge in [0.2, 0.25) is 6.23 Å². The first kappa shape index (κ1) is 21.5. The van der Waals surface area contributed by atoms with Gasteiger partial charge in [0.1, 0.15) is 12.4 Å². The Morgan fingerprint density at radius 2 is 2.00 bits per heavy atom. The van der Waals surface area contributed by atoms with Gasteiger partial charge in [0.15, 0.2) is 11.5 Å². The van der Waals surface area contributed by atoms with Gasteiger partial charge in [0.25, 0.3) is 5.69 Å². The fraction of sp³-hybridized carbons (Fsp3) is 0.192. The van der Waals surface area contributed by atoms with Crippen molar-refractivity contribution >= 4 is 11.4 Å². The Morgan fingerprint density at radius 1 is 1.21 bits per heavy atom. The van der Waals surface area contributed by atoms with Crippen molar-refractivity contribution in [3.63, 3.8) is 0 Å². The molecule has 2 atom stereocenters. The van der Waals surface area contributed by atoms with Gasteiger partial charge in [-0.1, -0.05) is 36.9 Å². The minimum atomic E-state index is -0.638. The average Bonchev–Trinajstić information content (AvgIpc) is 3.32. The molecule has 2 aliphatic heterocycles. The van der Waals surface area contributed by atoms with Crippen LogP contribution < -0.4 is 14.2 Å². The van der Waals surface area contributed by atoms with Gasteiger partial charge in [-0.2, -0.15) is 5.10 Å². The summed E-state index contributed by atoms with van der Waals surface area (Å²) in [6.07, 6.45) is 1.72. The molecule has 0 N–H and O–H groups in total. The van der Waals surface area contributed by atoms with Crippen molar-refractivity contribution in [1.29, 1.82) is 0 Å². The number of nitro groups is 1. The lowest BCUT2D eigenvalue weighted by atomic mass is 9.95. The molecule has 34 heavy (non-hydrogen) atoms. The molecule has 0 aromatic heterocycles. The van der Waals surface area contributed by atoms with Gasteiger partial charge in [-0.15, -0.1) is 0 Å². The minimum Gasteiger partial charge on any atom is -0.493 e. The van der Waals surface area contributed by atoms with E-state index in [2.05, 4.69) is 6.58 Å². The molecular weight excluding hydrogens is 434 g/mol. The molecule has 3 aromatic carbocycles. The zero-order valence-corrected chi connectivity index (χ0v) is 18.6. The second-order valence-corrected chi connectivity index (χ2v) is 7.97. The van der Waals surface area contributed by atoms with Crippen LogP contribution in [0.3, 0.4) is 0 Å². The second kappa shape index (κ2) is 8.90. The van der Waals surface area contributed by atoms with Crippen molar-refractivity contribution in [2.45, 2.75) is 18.7 Å². The third-order valence-electron chi connectivity index (χ3n) is 5.92. The number of fused-ring (bicyclic) bond motifs is 3. The number of hydrogen-bond acceptors (Lipinski definition) is 7. The zero-order valence-electron chi connectivity index (χ0n) is 18.6. The molecule has 2 heterocycles. The molecule has 3 aromatic rings. The van der Waals surface area contributed by atoms with Gasteiger partial charge < -0.3 is 14.2 Å². The molecule has 0 aliphatic carbocycles. The maximum Gasteiger partial charge on any atom is 0.269 e. The van der Waals surface area contributed by atoms with Crippen LogP contribution in [0.25, 0.3) is 0 Å². The largest absolute Gasteiger partial charge is 0.493 e. The summed E-state index contributed by atoms with van der Waals surface area (Å²) in [5.74, 6) is 2.00. The average molecular weight is 457 g/mol. The highest BCUT2D eigenvalue weighted by Gasteiger charge is 2.42. The van der Waals surface area contributed by atoms with E-state index in [0.717, 1.165) is 22.6 Å². The Hall–Kier alpha value is -4.33. The highest BCUT2D eigenvalue weighted by Crippen LogP contribution is 2.50. The molecule has 0 saturated carbocycles. The quantitative estimate of drug-likeness (QED) is 0.268. The van der Waals surface area contributed by atoms with E-state index in [4.69, 9.17) is 19.3 Å². The smallest absolute Gasteiger partial charge is 0.269 e. The van der Waals surface area contributed by atoms with Gasteiger partial charge in [0.05, 0.1) is 23.8 Å². The molecular formula is C26H23N3O5. The molecule has 0 spiro atoms. The SMILES string of the molecule is C=CCOc1ccc(C2=NN3[C@H](C2)c2cccc(OC)c2O[C@@H]3c2cccc([N+](=O)[O-])c2)cc1. The predicted octanol–water partition coefficient (Wildman–Crippen LogP) is 5.41. The molecule has 5 rings (SSSR count). The molecule has 0 saturated heterocycles. The monoisotopic (exact) mass is 457 g/mol. The minimum absolute atomic E-state index is 0.00184. The van der Waals surface area contributed by atoms with E-state index in [-0.39, 0.29) is 11.7 Å². The molecule has 8 heteroatoms. The van der Waals surface area contributed by atoms with Crippen molar-refractivity contribution in [2.24, 2.45) is 5.10 Å². The fourth-order valence-corrected chi connectivity index (χ4v) is 4.33. The number of para-hydroxylation sites is 1. The first-order valence-electron chi connectivity index (χ1n) is 10.9. The van der Waals surface area contributed by atoms with Crippen LogP contribution in [0.4, 0.5) is 5.69 Å². The Morgan fingerprint density at radius 3 is 2.74 bits per heavy atom. The lowest BCUT2D eigenvalue weighted by molar-refractivity contribution is -0.385. The molecule has 172 valence electrons. The summed E-state index contributed by atoms with van der Waals surface area (Å²) in [5.41, 5.74) is 3.49. The molecule has 0 fully saturated rings. The van der Waals surface area contributed by atoms with Crippen LogP contribution in [0.15, 0.2) is 84.5 Å². The van der Waals surface area contributed by atoms with Crippen LogP contribution in [0.1, 0.15) is 35.4 Å². The Labute approximate surface area is 196 Å². The summed E-state index contributed by atoms with van der Waals surface area (Å²) >= 11 is 0. The van der Waals surface area contributed by atoms with E-state index in [1.807, 2.05) is 53.5 Å². The van der Waals surface area contributed by atoms with E-state index in [0.29, 0.717) is 30.1 Å². The number of nitrogens with zero attached hydrogens (tertiary/aromatic N) is 3. The molecule has 8 nitrogen and oxygen atoms in total. The van der Waals surface area contributed by atoms with Crippen LogP contribution in [0, 0.1) is 10.1 Å². The molecule has 0 unspecified atom stereocenters. The fourth-order valence-electron chi connectivity index (χ4n) is 4.33. The van der Waals surface area contributed by atoms with E-state index in [1.165, 1.54) is 12.1 Å². The van der Waals surface area contributed by atoms with Crippen molar-refractivity contribution in [3.8, 4) is 17.2 Å². The lowest BCUT2D eigenvalue weighted by Crippen LogP contribution is -2.33. The number of hydrogen-bond donors (Lipinski definition) is 0.